The van der Waals surface area contributed by atoms with E-state index >= 15 is 0 Å². The van der Waals surface area contributed by atoms with E-state index in [1.807, 2.05) is 12.3 Å². The monoisotopic (exact) mass is 240 g/mol. The van der Waals surface area contributed by atoms with Crippen molar-refractivity contribution >= 4 is 17.3 Å². The fraction of sp³-hybridized carbons (Fsp3) is 0.455. The van der Waals surface area contributed by atoms with Crippen LogP contribution in [0.2, 0.25) is 0 Å². The molecule has 0 aromatic carbocycles. The maximum atomic E-state index is 11.7. The normalized spacial score (nSPS) is 12.1. The van der Waals surface area contributed by atoms with Crippen LogP contribution in [0.4, 0.5) is 0 Å². The molecule has 1 rings (SSSR count). The third-order valence-corrected chi connectivity index (χ3v) is 2.90. The fourth-order valence-electron chi connectivity index (χ4n) is 1.20. The topological polar surface area (TPSA) is 51.2 Å². The zero-order valence-electron chi connectivity index (χ0n) is 9.53. The van der Waals surface area contributed by atoms with E-state index in [-0.39, 0.29) is 5.97 Å². The quantitative estimate of drug-likeness (QED) is 0.609. The molecule has 4 nitrogen and oxygen atoms in total. The van der Waals surface area contributed by atoms with Crippen molar-refractivity contribution in [3.05, 3.63) is 28.7 Å². The Labute approximate surface area is 99.3 Å². The van der Waals surface area contributed by atoms with E-state index in [0.29, 0.717) is 13.2 Å². The van der Waals surface area contributed by atoms with Gasteiger partial charge in [0.05, 0.1) is 6.61 Å². The second-order valence-corrected chi connectivity index (χ2v) is 4.10. The summed E-state index contributed by atoms with van der Waals surface area (Å²) in [5, 5.41) is 5.69. The molecule has 5 heteroatoms. The van der Waals surface area contributed by atoms with Gasteiger partial charge in [0.1, 0.15) is 5.01 Å². The molecule has 0 bridgehead atoms. The highest BCUT2D eigenvalue weighted by molar-refractivity contribution is 7.09. The van der Waals surface area contributed by atoms with E-state index in [2.05, 4.69) is 16.9 Å². The highest BCUT2D eigenvalue weighted by Crippen LogP contribution is 2.19. The van der Waals surface area contributed by atoms with E-state index in [9.17, 15) is 4.79 Å². The van der Waals surface area contributed by atoms with Gasteiger partial charge in [0.2, 0.25) is 0 Å². The summed E-state index contributed by atoms with van der Waals surface area (Å²) >= 11 is 1.45. The summed E-state index contributed by atoms with van der Waals surface area (Å²) in [5.74, 6) is -0.293. The molecule has 0 fully saturated rings. The number of rotatable bonds is 6. The molecule has 0 amide bonds. The van der Waals surface area contributed by atoms with E-state index in [0.717, 1.165) is 10.7 Å². The van der Waals surface area contributed by atoms with Crippen LogP contribution in [0.25, 0.3) is 0 Å². The number of aryl methyl sites for hydroxylation is 1. The largest absolute Gasteiger partial charge is 0.465 e. The van der Waals surface area contributed by atoms with E-state index < -0.39 is 6.04 Å². The zero-order chi connectivity index (χ0) is 12.0. The number of ether oxygens (including phenoxy) is 1. The van der Waals surface area contributed by atoms with Crippen molar-refractivity contribution in [3.63, 3.8) is 0 Å². The van der Waals surface area contributed by atoms with Gasteiger partial charge in [-0.05, 0) is 13.8 Å². The Balaban J connectivity index is 2.77. The van der Waals surface area contributed by atoms with Gasteiger partial charge in [-0.25, -0.2) is 9.78 Å². The lowest BCUT2D eigenvalue weighted by atomic mass is 10.3. The van der Waals surface area contributed by atoms with Crippen molar-refractivity contribution in [1.82, 2.24) is 10.3 Å². The first-order chi connectivity index (χ1) is 7.69. The average Bonchev–Trinajstić information content (AvgIpc) is 2.66. The molecule has 0 saturated carbocycles. The predicted molar refractivity (Wildman–Crippen MR) is 64.4 cm³/mol. The number of carbonyl (C=O) groups is 1. The minimum absolute atomic E-state index is 0.293. The first kappa shape index (κ1) is 12.9. The summed E-state index contributed by atoms with van der Waals surface area (Å²) in [6.07, 6.45) is 1.70. The molecule has 1 heterocycles. The Morgan fingerprint density at radius 2 is 2.56 bits per heavy atom. The van der Waals surface area contributed by atoms with E-state index in [1.165, 1.54) is 11.3 Å². The molecule has 0 radical (unpaired) electrons. The van der Waals surface area contributed by atoms with Gasteiger partial charge in [-0.1, -0.05) is 6.08 Å². The molecular weight excluding hydrogens is 224 g/mol. The van der Waals surface area contributed by atoms with Crippen molar-refractivity contribution < 1.29 is 9.53 Å². The number of thiazole rings is 1. The molecule has 0 aliphatic heterocycles. The second kappa shape index (κ2) is 6.40. The van der Waals surface area contributed by atoms with Crippen LogP contribution in [-0.2, 0) is 9.53 Å². The molecule has 1 atom stereocenters. The molecule has 1 unspecified atom stereocenters. The van der Waals surface area contributed by atoms with Gasteiger partial charge in [0.25, 0.3) is 0 Å². The summed E-state index contributed by atoms with van der Waals surface area (Å²) in [4.78, 5) is 16.0. The Morgan fingerprint density at radius 3 is 3.06 bits per heavy atom. The number of carbonyl (C=O) groups excluding carboxylic acids is 1. The van der Waals surface area contributed by atoms with Gasteiger partial charge in [0.15, 0.2) is 6.04 Å². The summed E-state index contributed by atoms with van der Waals surface area (Å²) in [5.41, 5.74) is 0.912. The van der Waals surface area contributed by atoms with E-state index in [1.54, 1.807) is 13.0 Å². The molecule has 0 saturated heterocycles. The minimum atomic E-state index is -0.489. The van der Waals surface area contributed by atoms with Crippen molar-refractivity contribution in [3.8, 4) is 0 Å². The lowest BCUT2D eigenvalue weighted by molar-refractivity contribution is -0.145. The molecule has 88 valence electrons. The number of esters is 1. The summed E-state index contributed by atoms with van der Waals surface area (Å²) < 4.78 is 5.00. The van der Waals surface area contributed by atoms with Crippen LogP contribution in [-0.4, -0.2) is 24.1 Å². The summed E-state index contributed by atoms with van der Waals surface area (Å²) in [7, 11) is 0. The average molecular weight is 240 g/mol. The summed E-state index contributed by atoms with van der Waals surface area (Å²) in [6, 6.07) is -0.489. The minimum Gasteiger partial charge on any atom is -0.465 e. The third kappa shape index (κ3) is 3.43. The molecule has 0 aliphatic rings. The predicted octanol–water partition coefficient (Wildman–Crippen LogP) is 1.83. The fourth-order valence-corrected chi connectivity index (χ4v) is 2.06. The SMILES string of the molecule is C=CCNC(C(=O)OCC)c1nc(C)cs1. The van der Waals surface area contributed by atoms with Crippen molar-refractivity contribution in [1.29, 1.82) is 0 Å². The van der Waals surface area contributed by atoms with Crippen LogP contribution in [0.5, 0.6) is 0 Å². The summed E-state index contributed by atoms with van der Waals surface area (Å²) in [6.45, 7) is 8.21. The Bertz CT molecular complexity index is 363. The van der Waals surface area contributed by atoms with Gasteiger partial charge in [-0.3, -0.25) is 5.32 Å². The molecule has 1 aromatic heterocycles. The highest BCUT2D eigenvalue weighted by Gasteiger charge is 2.23. The maximum Gasteiger partial charge on any atom is 0.330 e. The first-order valence-corrected chi connectivity index (χ1v) is 6.00. The number of nitrogens with zero attached hydrogens (tertiary/aromatic N) is 1. The standard InChI is InChI=1S/C11H16N2O2S/c1-4-6-12-9(11(14)15-5-2)10-13-8(3)7-16-10/h4,7,9,12H,1,5-6H2,2-3H3. The van der Waals surface area contributed by atoms with Gasteiger partial charge < -0.3 is 4.74 Å². The smallest absolute Gasteiger partial charge is 0.330 e. The van der Waals surface area contributed by atoms with E-state index in [4.69, 9.17) is 4.74 Å². The molecule has 0 spiro atoms. The van der Waals surface area contributed by atoms with Crippen LogP contribution in [0, 0.1) is 6.92 Å². The van der Waals surface area contributed by atoms with Crippen LogP contribution in [0.15, 0.2) is 18.0 Å². The van der Waals surface area contributed by atoms with Gasteiger partial charge >= 0.3 is 5.97 Å². The molecule has 0 aliphatic carbocycles. The number of hydrogen-bond donors (Lipinski definition) is 1. The Morgan fingerprint density at radius 1 is 1.81 bits per heavy atom. The molecule has 16 heavy (non-hydrogen) atoms. The van der Waals surface area contributed by atoms with Crippen LogP contribution in [0.1, 0.15) is 23.7 Å². The zero-order valence-corrected chi connectivity index (χ0v) is 10.3. The van der Waals surface area contributed by atoms with Crippen LogP contribution >= 0.6 is 11.3 Å². The van der Waals surface area contributed by atoms with Gasteiger partial charge in [0, 0.05) is 17.6 Å². The van der Waals surface area contributed by atoms with Crippen LogP contribution < -0.4 is 5.32 Å². The maximum absolute atomic E-state index is 11.7. The number of nitrogens with one attached hydrogen (secondary N) is 1. The van der Waals surface area contributed by atoms with Crippen molar-refractivity contribution in [2.24, 2.45) is 0 Å². The first-order valence-electron chi connectivity index (χ1n) is 5.12. The van der Waals surface area contributed by atoms with Gasteiger partial charge in [-0.15, -0.1) is 17.9 Å². The molecule has 1 aromatic rings. The lowest BCUT2D eigenvalue weighted by Crippen LogP contribution is -2.30. The van der Waals surface area contributed by atoms with Crippen molar-refractivity contribution in [2.45, 2.75) is 19.9 Å². The highest BCUT2D eigenvalue weighted by atomic mass is 32.1. The van der Waals surface area contributed by atoms with Gasteiger partial charge in [-0.2, -0.15) is 0 Å². The lowest BCUT2D eigenvalue weighted by Gasteiger charge is -2.13. The Kier molecular flexibility index (Phi) is 5.14. The third-order valence-electron chi connectivity index (χ3n) is 1.87. The number of hydrogen-bond acceptors (Lipinski definition) is 5. The molecular formula is C11H16N2O2S. The van der Waals surface area contributed by atoms with Crippen LogP contribution in [0.3, 0.4) is 0 Å². The number of aromatic nitrogens is 1. The second-order valence-electron chi connectivity index (χ2n) is 3.21. The molecule has 1 N–H and O–H groups in total. The Hall–Kier alpha value is -1.20. The van der Waals surface area contributed by atoms with Crippen molar-refractivity contribution in [2.75, 3.05) is 13.2 Å².